The van der Waals surface area contributed by atoms with E-state index in [-0.39, 0.29) is 5.91 Å². The number of amides is 1. The minimum Gasteiger partial charge on any atom is -0.385 e. The van der Waals surface area contributed by atoms with Crippen LogP contribution in [0.2, 0.25) is 0 Å². The van der Waals surface area contributed by atoms with Gasteiger partial charge >= 0.3 is 0 Å². The fourth-order valence-corrected chi connectivity index (χ4v) is 2.08. The van der Waals surface area contributed by atoms with E-state index in [1.165, 1.54) is 0 Å². The molecule has 3 nitrogen and oxygen atoms in total. The lowest BCUT2D eigenvalue weighted by Gasteiger charge is -2.10. The Labute approximate surface area is 132 Å². The summed E-state index contributed by atoms with van der Waals surface area (Å²) in [4.78, 5) is 12.1. The number of rotatable bonds is 6. The summed E-state index contributed by atoms with van der Waals surface area (Å²) in [6.45, 7) is 7.40. The monoisotopic (exact) mass is 296 g/mol. The lowest BCUT2D eigenvalue weighted by Crippen LogP contribution is -2.11. The fourth-order valence-electron chi connectivity index (χ4n) is 2.08. The van der Waals surface area contributed by atoms with Gasteiger partial charge in [0.2, 0.25) is 0 Å². The lowest BCUT2D eigenvalue weighted by atomic mass is 10.1. The highest BCUT2D eigenvalue weighted by Crippen LogP contribution is 2.15. The van der Waals surface area contributed by atoms with Crippen LogP contribution in [0.3, 0.4) is 0 Å². The third kappa shape index (κ3) is 4.92. The van der Waals surface area contributed by atoms with Crippen LogP contribution in [0.1, 0.15) is 36.2 Å². The Morgan fingerprint density at radius 2 is 1.55 bits per heavy atom. The number of aryl methyl sites for hydroxylation is 1. The van der Waals surface area contributed by atoms with Crippen molar-refractivity contribution in [1.82, 2.24) is 0 Å². The molecule has 0 unspecified atom stereocenters. The van der Waals surface area contributed by atoms with Crippen molar-refractivity contribution in [1.29, 1.82) is 0 Å². The molecule has 2 aromatic rings. The smallest absolute Gasteiger partial charge is 0.255 e. The molecule has 2 rings (SSSR count). The third-order valence-electron chi connectivity index (χ3n) is 3.51. The van der Waals surface area contributed by atoms with Crippen molar-refractivity contribution in [3.63, 3.8) is 0 Å². The summed E-state index contributed by atoms with van der Waals surface area (Å²) in [5, 5.41) is 6.29. The Balaban J connectivity index is 1.90. The summed E-state index contributed by atoms with van der Waals surface area (Å²) in [5.41, 5.74) is 3.70. The zero-order chi connectivity index (χ0) is 15.9. The van der Waals surface area contributed by atoms with Gasteiger partial charge in [0.1, 0.15) is 0 Å². The van der Waals surface area contributed by atoms with E-state index in [2.05, 4.69) is 24.5 Å². The first-order valence-electron chi connectivity index (χ1n) is 7.76. The Bertz CT molecular complexity index is 600. The quantitative estimate of drug-likeness (QED) is 0.811. The van der Waals surface area contributed by atoms with Crippen LogP contribution in [0, 0.1) is 12.8 Å². The first-order chi connectivity index (χ1) is 10.5. The van der Waals surface area contributed by atoms with Gasteiger partial charge in [0.05, 0.1) is 0 Å². The van der Waals surface area contributed by atoms with Crippen LogP contribution in [-0.2, 0) is 0 Å². The highest BCUT2D eigenvalue weighted by Gasteiger charge is 2.05. The molecule has 2 aromatic carbocycles. The molecule has 0 aliphatic heterocycles. The second kappa shape index (κ2) is 7.64. The first-order valence-corrected chi connectivity index (χ1v) is 7.76. The molecule has 0 heterocycles. The molecule has 0 atom stereocenters. The van der Waals surface area contributed by atoms with Gasteiger partial charge in [-0.25, -0.2) is 0 Å². The number of carbonyl (C=O) groups excluding carboxylic acids is 1. The van der Waals surface area contributed by atoms with Crippen molar-refractivity contribution in [3.05, 3.63) is 59.7 Å². The van der Waals surface area contributed by atoms with Crippen molar-refractivity contribution < 1.29 is 4.79 Å². The molecule has 116 valence electrons. The van der Waals surface area contributed by atoms with Crippen LogP contribution in [0.25, 0.3) is 0 Å². The zero-order valence-electron chi connectivity index (χ0n) is 13.5. The molecule has 0 spiro atoms. The van der Waals surface area contributed by atoms with Gasteiger partial charge in [0.15, 0.2) is 0 Å². The summed E-state index contributed by atoms with van der Waals surface area (Å²) < 4.78 is 0. The second-order valence-corrected chi connectivity index (χ2v) is 6.01. The molecule has 2 N–H and O–H groups in total. The van der Waals surface area contributed by atoms with Gasteiger partial charge in [-0.1, -0.05) is 31.5 Å². The van der Waals surface area contributed by atoms with E-state index in [1.807, 2.05) is 55.5 Å². The number of benzene rings is 2. The summed E-state index contributed by atoms with van der Waals surface area (Å²) >= 11 is 0. The SMILES string of the molecule is Cc1ccc(C(=O)Nc2ccc(NCCC(C)C)cc2)cc1. The predicted molar refractivity (Wildman–Crippen MR) is 93.5 cm³/mol. The average Bonchev–Trinajstić information content (AvgIpc) is 2.49. The standard InChI is InChI=1S/C19H24N2O/c1-14(2)12-13-20-17-8-10-18(11-9-17)21-19(22)16-6-4-15(3)5-7-16/h4-11,14,20H,12-13H2,1-3H3,(H,21,22). The van der Waals surface area contributed by atoms with Crippen LogP contribution in [-0.4, -0.2) is 12.5 Å². The Kier molecular flexibility index (Phi) is 5.59. The van der Waals surface area contributed by atoms with Gasteiger partial charge < -0.3 is 10.6 Å². The van der Waals surface area contributed by atoms with Crippen LogP contribution in [0.4, 0.5) is 11.4 Å². The molecule has 0 fully saturated rings. The second-order valence-electron chi connectivity index (χ2n) is 6.01. The van der Waals surface area contributed by atoms with Crippen LogP contribution >= 0.6 is 0 Å². The van der Waals surface area contributed by atoms with Crippen LogP contribution in [0.5, 0.6) is 0 Å². The van der Waals surface area contributed by atoms with Crippen molar-refractivity contribution >= 4 is 17.3 Å². The number of hydrogen-bond acceptors (Lipinski definition) is 2. The van der Waals surface area contributed by atoms with E-state index in [0.717, 1.165) is 29.9 Å². The normalized spacial score (nSPS) is 10.5. The van der Waals surface area contributed by atoms with E-state index in [9.17, 15) is 4.79 Å². The summed E-state index contributed by atoms with van der Waals surface area (Å²) in [5.74, 6) is 0.612. The lowest BCUT2D eigenvalue weighted by molar-refractivity contribution is 0.102. The molecule has 22 heavy (non-hydrogen) atoms. The molecular weight excluding hydrogens is 272 g/mol. The largest absolute Gasteiger partial charge is 0.385 e. The maximum absolute atomic E-state index is 12.1. The highest BCUT2D eigenvalue weighted by atomic mass is 16.1. The Morgan fingerprint density at radius 3 is 2.14 bits per heavy atom. The molecular formula is C19H24N2O. The summed E-state index contributed by atoms with van der Waals surface area (Å²) in [6.07, 6.45) is 1.14. The van der Waals surface area contributed by atoms with E-state index in [0.29, 0.717) is 11.5 Å². The maximum atomic E-state index is 12.1. The Hall–Kier alpha value is -2.29. The maximum Gasteiger partial charge on any atom is 0.255 e. The molecule has 0 saturated heterocycles. The van der Waals surface area contributed by atoms with Crippen molar-refractivity contribution in [2.75, 3.05) is 17.2 Å². The zero-order valence-corrected chi connectivity index (χ0v) is 13.5. The van der Waals surface area contributed by atoms with Gasteiger partial charge in [0, 0.05) is 23.5 Å². The summed E-state index contributed by atoms with van der Waals surface area (Å²) in [7, 11) is 0. The van der Waals surface area contributed by atoms with Crippen LogP contribution in [0.15, 0.2) is 48.5 Å². The van der Waals surface area contributed by atoms with Gasteiger partial charge in [-0.2, -0.15) is 0 Å². The molecule has 0 radical (unpaired) electrons. The molecule has 0 saturated carbocycles. The number of carbonyl (C=O) groups is 1. The number of hydrogen-bond donors (Lipinski definition) is 2. The number of anilines is 2. The van der Waals surface area contributed by atoms with E-state index in [1.54, 1.807) is 0 Å². The van der Waals surface area contributed by atoms with E-state index in [4.69, 9.17) is 0 Å². The first kappa shape index (κ1) is 16.1. The van der Waals surface area contributed by atoms with E-state index < -0.39 is 0 Å². The third-order valence-corrected chi connectivity index (χ3v) is 3.51. The van der Waals surface area contributed by atoms with Gasteiger partial charge in [0.25, 0.3) is 5.91 Å². The highest BCUT2D eigenvalue weighted by molar-refractivity contribution is 6.04. The predicted octanol–water partition coefficient (Wildman–Crippen LogP) is 4.71. The molecule has 0 aromatic heterocycles. The number of nitrogens with one attached hydrogen (secondary N) is 2. The topological polar surface area (TPSA) is 41.1 Å². The Morgan fingerprint density at radius 1 is 0.955 bits per heavy atom. The molecule has 0 aliphatic carbocycles. The summed E-state index contributed by atoms with van der Waals surface area (Å²) in [6, 6.07) is 15.4. The van der Waals surface area contributed by atoms with Crippen molar-refractivity contribution in [2.45, 2.75) is 27.2 Å². The molecule has 3 heteroatoms. The van der Waals surface area contributed by atoms with Crippen molar-refractivity contribution in [3.8, 4) is 0 Å². The van der Waals surface area contributed by atoms with Crippen LogP contribution < -0.4 is 10.6 Å². The van der Waals surface area contributed by atoms with Gasteiger partial charge in [-0.05, 0) is 55.7 Å². The fraction of sp³-hybridized carbons (Fsp3) is 0.316. The van der Waals surface area contributed by atoms with Gasteiger partial charge in [-0.3, -0.25) is 4.79 Å². The van der Waals surface area contributed by atoms with Gasteiger partial charge in [-0.15, -0.1) is 0 Å². The van der Waals surface area contributed by atoms with Crippen molar-refractivity contribution in [2.24, 2.45) is 5.92 Å². The van der Waals surface area contributed by atoms with E-state index >= 15 is 0 Å². The average molecular weight is 296 g/mol. The molecule has 1 amide bonds. The minimum atomic E-state index is -0.0829. The molecule has 0 bridgehead atoms. The molecule has 0 aliphatic rings. The minimum absolute atomic E-state index is 0.0829.